The molecule has 0 radical (unpaired) electrons. The van der Waals surface area contributed by atoms with E-state index in [-0.39, 0.29) is 12.5 Å². The number of ether oxygens (including phenoxy) is 2. The quantitative estimate of drug-likeness (QED) is 0.627. The van der Waals surface area contributed by atoms with Gasteiger partial charge in [-0.2, -0.15) is 0 Å². The molecule has 5 nitrogen and oxygen atoms in total. The molecule has 0 unspecified atom stereocenters. The van der Waals surface area contributed by atoms with Crippen LogP contribution in [-0.4, -0.2) is 31.6 Å². The summed E-state index contributed by atoms with van der Waals surface area (Å²) in [5, 5.41) is 2.64. The number of carbonyl (C=O) groups excluding carboxylic acids is 2. The second-order valence-corrected chi connectivity index (χ2v) is 5.46. The van der Waals surface area contributed by atoms with Crippen molar-refractivity contribution >= 4 is 11.9 Å². The van der Waals surface area contributed by atoms with Crippen LogP contribution in [0.3, 0.4) is 0 Å². The molecule has 0 aliphatic carbocycles. The molecule has 0 bridgehead atoms. The molecule has 2 rings (SSSR count). The van der Waals surface area contributed by atoms with E-state index in [4.69, 9.17) is 9.47 Å². The topological polar surface area (TPSA) is 64.6 Å². The zero-order valence-corrected chi connectivity index (χ0v) is 13.9. The van der Waals surface area contributed by atoms with Crippen LogP contribution in [0, 0.1) is 13.8 Å². The molecule has 0 atom stereocenters. The summed E-state index contributed by atoms with van der Waals surface area (Å²) in [6.07, 6.45) is 0. The normalized spacial score (nSPS) is 10.1. The summed E-state index contributed by atoms with van der Waals surface area (Å²) in [7, 11) is 0. The number of benzene rings is 2. The summed E-state index contributed by atoms with van der Waals surface area (Å²) in [4.78, 5) is 23.5. The van der Waals surface area contributed by atoms with Gasteiger partial charge >= 0.3 is 5.97 Å². The van der Waals surface area contributed by atoms with Gasteiger partial charge in [-0.1, -0.05) is 29.8 Å². The number of carbonyl (C=O) groups is 2. The van der Waals surface area contributed by atoms with Gasteiger partial charge in [0.2, 0.25) is 0 Å². The van der Waals surface area contributed by atoms with Crippen molar-refractivity contribution in [2.45, 2.75) is 13.8 Å². The average molecular weight is 327 g/mol. The molecule has 0 saturated carbocycles. The highest BCUT2D eigenvalue weighted by Crippen LogP contribution is 2.11. The van der Waals surface area contributed by atoms with Crippen LogP contribution in [0.5, 0.6) is 5.75 Å². The first-order valence-corrected chi connectivity index (χ1v) is 7.74. The summed E-state index contributed by atoms with van der Waals surface area (Å²) < 4.78 is 10.5. The van der Waals surface area contributed by atoms with Crippen molar-refractivity contribution in [2.75, 3.05) is 19.8 Å². The SMILES string of the molecule is Cc1cccc(OCCNC(=O)COC(=O)c2cccc(C)c2)c1. The highest BCUT2D eigenvalue weighted by Gasteiger charge is 2.09. The Morgan fingerprint density at radius 3 is 2.42 bits per heavy atom. The van der Waals surface area contributed by atoms with Crippen molar-refractivity contribution in [3.8, 4) is 5.75 Å². The Labute approximate surface area is 141 Å². The molecule has 2 aromatic rings. The molecule has 126 valence electrons. The lowest BCUT2D eigenvalue weighted by atomic mass is 10.1. The van der Waals surface area contributed by atoms with Gasteiger partial charge in [0, 0.05) is 0 Å². The van der Waals surface area contributed by atoms with Crippen LogP contribution in [0.15, 0.2) is 48.5 Å². The summed E-state index contributed by atoms with van der Waals surface area (Å²) in [5.74, 6) is -0.108. The summed E-state index contributed by atoms with van der Waals surface area (Å²) in [6.45, 7) is 4.25. The third kappa shape index (κ3) is 5.76. The number of hydrogen-bond acceptors (Lipinski definition) is 4. The van der Waals surface area contributed by atoms with Crippen LogP contribution in [0.2, 0.25) is 0 Å². The molecule has 5 heteroatoms. The smallest absolute Gasteiger partial charge is 0.338 e. The molecule has 1 amide bonds. The number of amides is 1. The van der Waals surface area contributed by atoms with Crippen molar-refractivity contribution in [1.82, 2.24) is 5.32 Å². The van der Waals surface area contributed by atoms with Gasteiger partial charge in [0.1, 0.15) is 12.4 Å². The minimum Gasteiger partial charge on any atom is -0.492 e. The zero-order chi connectivity index (χ0) is 17.4. The van der Waals surface area contributed by atoms with Crippen molar-refractivity contribution in [3.05, 3.63) is 65.2 Å². The Morgan fingerprint density at radius 1 is 1.00 bits per heavy atom. The van der Waals surface area contributed by atoms with E-state index >= 15 is 0 Å². The van der Waals surface area contributed by atoms with Gasteiger partial charge in [0.05, 0.1) is 12.1 Å². The van der Waals surface area contributed by atoms with E-state index in [1.807, 2.05) is 44.2 Å². The fourth-order valence-electron chi connectivity index (χ4n) is 2.10. The van der Waals surface area contributed by atoms with E-state index in [1.165, 1.54) is 0 Å². The molecular formula is C19H21NO4. The van der Waals surface area contributed by atoms with Crippen LogP contribution in [-0.2, 0) is 9.53 Å². The highest BCUT2D eigenvalue weighted by atomic mass is 16.5. The zero-order valence-electron chi connectivity index (χ0n) is 13.9. The lowest BCUT2D eigenvalue weighted by Gasteiger charge is -2.09. The maximum atomic E-state index is 11.8. The lowest BCUT2D eigenvalue weighted by molar-refractivity contribution is -0.124. The molecular weight excluding hydrogens is 306 g/mol. The third-order valence-electron chi connectivity index (χ3n) is 3.27. The van der Waals surface area contributed by atoms with Crippen LogP contribution in [0.4, 0.5) is 0 Å². The van der Waals surface area contributed by atoms with Gasteiger partial charge in [-0.25, -0.2) is 4.79 Å². The molecule has 0 heterocycles. The van der Waals surface area contributed by atoms with Crippen LogP contribution in [0.1, 0.15) is 21.5 Å². The van der Waals surface area contributed by atoms with Crippen molar-refractivity contribution in [2.24, 2.45) is 0 Å². The maximum Gasteiger partial charge on any atom is 0.338 e. The molecule has 0 aliphatic rings. The highest BCUT2D eigenvalue weighted by molar-refractivity contribution is 5.91. The molecule has 2 aromatic carbocycles. The number of aryl methyl sites for hydroxylation is 2. The van der Waals surface area contributed by atoms with Crippen LogP contribution < -0.4 is 10.1 Å². The monoisotopic (exact) mass is 327 g/mol. The molecule has 1 N–H and O–H groups in total. The molecule has 24 heavy (non-hydrogen) atoms. The second kappa shape index (κ2) is 8.72. The first kappa shape index (κ1) is 17.5. The Morgan fingerprint density at radius 2 is 1.71 bits per heavy atom. The molecule has 0 saturated heterocycles. The standard InChI is InChI=1S/C19H21NO4/c1-14-5-3-7-16(11-14)19(22)24-13-18(21)20-9-10-23-17-8-4-6-15(2)12-17/h3-8,11-12H,9-10,13H2,1-2H3,(H,20,21). The van der Waals surface area contributed by atoms with E-state index in [0.29, 0.717) is 18.7 Å². The van der Waals surface area contributed by atoms with E-state index in [9.17, 15) is 9.59 Å². The predicted octanol–water partition coefficient (Wildman–Crippen LogP) is 2.66. The van der Waals surface area contributed by atoms with Crippen molar-refractivity contribution in [3.63, 3.8) is 0 Å². The van der Waals surface area contributed by atoms with Crippen molar-refractivity contribution in [1.29, 1.82) is 0 Å². The molecule has 0 aromatic heterocycles. The van der Waals surface area contributed by atoms with Crippen molar-refractivity contribution < 1.29 is 19.1 Å². The first-order valence-electron chi connectivity index (χ1n) is 7.74. The fourth-order valence-corrected chi connectivity index (χ4v) is 2.10. The number of nitrogens with one attached hydrogen (secondary N) is 1. The summed E-state index contributed by atoms with van der Waals surface area (Å²) >= 11 is 0. The third-order valence-corrected chi connectivity index (χ3v) is 3.27. The minimum absolute atomic E-state index is 0.308. The van der Waals surface area contributed by atoms with Gasteiger partial charge in [-0.15, -0.1) is 0 Å². The predicted molar refractivity (Wildman–Crippen MR) is 91.1 cm³/mol. The van der Waals surface area contributed by atoms with Gasteiger partial charge < -0.3 is 14.8 Å². The average Bonchev–Trinajstić information content (AvgIpc) is 2.56. The Hall–Kier alpha value is -2.82. The molecule has 0 aliphatic heterocycles. The lowest BCUT2D eigenvalue weighted by Crippen LogP contribution is -2.32. The van der Waals surface area contributed by atoms with Gasteiger partial charge in [-0.3, -0.25) is 4.79 Å². The largest absolute Gasteiger partial charge is 0.492 e. The molecule has 0 spiro atoms. The Bertz CT molecular complexity index is 712. The number of hydrogen-bond donors (Lipinski definition) is 1. The fraction of sp³-hybridized carbons (Fsp3) is 0.263. The van der Waals surface area contributed by atoms with Gasteiger partial charge in [0.15, 0.2) is 6.61 Å². The van der Waals surface area contributed by atoms with Crippen LogP contribution in [0.25, 0.3) is 0 Å². The van der Waals surface area contributed by atoms with E-state index in [0.717, 1.165) is 16.9 Å². The van der Waals surface area contributed by atoms with Gasteiger partial charge in [0.25, 0.3) is 5.91 Å². The Balaban J connectivity index is 1.65. The Kier molecular flexibility index (Phi) is 6.37. The number of rotatable bonds is 7. The summed E-state index contributed by atoms with van der Waals surface area (Å²) in [5.41, 5.74) is 2.51. The minimum atomic E-state index is -0.509. The van der Waals surface area contributed by atoms with E-state index < -0.39 is 5.97 Å². The molecule has 0 fully saturated rings. The van der Waals surface area contributed by atoms with E-state index in [2.05, 4.69) is 5.32 Å². The summed E-state index contributed by atoms with van der Waals surface area (Å²) in [6, 6.07) is 14.7. The number of esters is 1. The first-order chi connectivity index (χ1) is 11.5. The second-order valence-electron chi connectivity index (χ2n) is 5.46. The van der Waals surface area contributed by atoms with E-state index in [1.54, 1.807) is 18.2 Å². The maximum absolute atomic E-state index is 11.8. The van der Waals surface area contributed by atoms with Crippen LogP contribution >= 0.6 is 0 Å². The van der Waals surface area contributed by atoms with Gasteiger partial charge in [-0.05, 0) is 43.7 Å².